The minimum Gasteiger partial charge on any atom is -0.465 e. The van der Waals surface area contributed by atoms with E-state index in [1.54, 1.807) is 0 Å². The second-order valence-corrected chi connectivity index (χ2v) is 6.12. The number of piperidine rings is 1. The lowest BCUT2D eigenvalue weighted by atomic mass is 9.97. The highest BCUT2D eigenvalue weighted by atomic mass is 19.4. The summed E-state index contributed by atoms with van der Waals surface area (Å²) in [4.78, 5) is 25.1. The molecule has 2 amide bonds. The summed E-state index contributed by atoms with van der Waals surface area (Å²) in [7, 11) is 0. The Morgan fingerprint density at radius 2 is 2.00 bits per heavy atom. The zero-order chi connectivity index (χ0) is 17.6. The molecular formula is C15H16F3N3O3. The Balaban J connectivity index is 1.86. The van der Waals surface area contributed by atoms with Crippen LogP contribution in [-0.2, 0) is 11.0 Å². The number of alkyl halides is 3. The highest BCUT2D eigenvalue weighted by Gasteiger charge is 2.52. The van der Waals surface area contributed by atoms with Gasteiger partial charge in [-0.25, -0.2) is 15.6 Å². The van der Waals surface area contributed by atoms with E-state index < -0.39 is 29.8 Å². The van der Waals surface area contributed by atoms with Crippen molar-refractivity contribution in [2.24, 2.45) is 11.8 Å². The first kappa shape index (κ1) is 16.6. The standard InChI is InChI=1S/C15H16F3N3O3/c16-15(17,18)9-2-1-3-11(7-9)21(19)13(22)12-8-4-5-10(6-8)20(12)14(23)24/h1-3,7-8,10,12H,4-6,19H2,(H,23,24). The van der Waals surface area contributed by atoms with Gasteiger partial charge in [-0.3, -0.25) is 9.69 Å². The maximum atomic E-state index is 12.8. The average Bonchev–Trinajstić information content (AvgIpc) is 3.13. The Bertz CT molecular complexity index is 679. The molecule has 2 fully saturated rings. The van der Waals surface area contributed by atoms with Gasteiger partial charge in [0.15, 0.2) is 0 Å². The summed E-state index contributed by atoms with van der Waals surface area (Å²) in [6, 6.07) is 2.92. The number of halogens is 3. The Morgan fingerprint density at radius 1 is 1.29 bits per heavy atom. The fraction of sp³-hybridized carbons (Fsp3) is 0.467. The molecule has 3 rings (SSSR count). The molecule has 0 aromatic heterocycles. The second kappa shape index (κ2) is 5.66. The van der Waals surface area contributed by atoms with Gasteiger partial charge in [0.05, 0.1) is 11.3 Å². The number of nitrogens with zero attached hydrogens (tertiary/aromatic N) is 2. The highest BCUT2D eigenvalue weighted by Crippen LogP contribution is 2.43. The van der Waals surface area contributed by atoms with Crippen LogP contribution in [0.4, 0.5) is 23.7 Å². The zero-order valence-corrected chi connectivity index (χ0v) is 12.5. The van der Waals surface area contributed by atoms with Crippen molar-refractivity contribution in [3.05, 3.63) is 29.8 Å². The minimum absolute atomic E-state index is 0.122. The molecule has 3 atom stereocenters. The monoisotopic (exact) mass is 343 g/mol. The summed E-state index contributed by atoms with van der Waals surface area (Å²) in [6.07, 6.45) is -3.78. The lowest BCUT2D eigenvalue weighted by Gasteiger charge is -2.34. The van der Waals surface area contributed by atoms with Gasteiger partial charge in [0.1, 0.15) is 6.04 Å². The maximum Gasteiger partial charge on any atom is 0.416 e. The van der Waals surface area contributed by atoms with Crippen molar-refractivity contribution in [2.45, 2.75) is 37.5 Å². The number of likely N-dealkylation sites (tertiary alicyclic amines) is 1. The van der Waals surface area contributed by atoms with E-state index in [-0.39, 0.29) is 17.6 Å². The Hall–Kier alpha value is -2.29. The summed E-state index contributed by atoms with van der Waals surface area (Å²) in [6.45, 7) is 0. The molecule has 9 heteroatoms. The van der Waals surface area contributed by atoms with Gasteiger partial charge in [-0.1, -0.05) is 6.07 Å². The van der Waals surface area contributed by atoms with Gasteiger partial charge in [-0.05, 0) is 43.4 Å². The fourth-order valence-electron chi connectivity index (χ4n) is 3.68. The van der Waals surface area contributed by atoms with Crippen molar-refractivity contribution in [1.29, 1.82) is 0 Å². The molecule has 2 aliphatic rings. The van der Waals surface area contributed by atoms with E-state index in [1.165, 1.54) is 6.07 Å². The van der Waals surface area contributed by atoms with Crippen LogP contribution in [0.5, 0.6) is 0 Å². The van der Waals surface area contributed by atoms with E-state index >= 15 is 0 Å². The van der Waals surface area contributed by atoms with Gasteiger partial charge >= 0.3 is 12.3 Å². The quantitative estimate of drug-likeness (QED) is 0.491. The predicted octanol–water partition coefficient (Wildman–Crippen LogP) is 2.44. The van der Waals surface area contributed by atoms with Crippen LogP contribution >= 0.6 is 0 Å². The molecule has 1 aliphatic heterocycles. The second-order valence-electron chi connectivity index (χ2n) is 6.12. The molecule has 6 nitrogen and oxygen atoms in total. The number of carboxylic acid groups (broad SMARTS) is 1. The first-order valence-corrected chi connectivity index (χ1v) is 7.47. The molecule has 130 valence electrons. The molecule has 1 aliphatic carbocycles. The minimum atomic E-state index is -4.56. The summed E-state index contributed by atoms with van der Waals surface area (Å²) in [5, 5.41) is 9.94. The first-order chi connectivity index (χ1) is 11.2. The Labute approximate surface area is 135 Å². The normalized spacial score (nSPS) is 25.8. The van der Waals surface area contributed by atoms with Crippen LogP contribution in [-0.4, -0.2) is 34.1 Å². The van der Waals surface area contributed by atoms with E-state index in [2.05, 4.69) is 0 Å². The summed E-state index contributed by atoms with van der Waals surface area (Å²) >= 11 is 0. The third-order valence-corrected chi connectivity index (χ3v) is 4.75. The smallest absolute Gasteiger partial charge is 0.416 e. The largest absolute Gasteiger partial charge is 0.465 e. The van der Waals surface area contributed by atoms with Crippen LogP contribution in [0.15, 0.2) is 24.3 Å². The number of hydrogen-bond acceptors (Lipinski definition) is 3. The van der Waals surface area contributed by atoms with Crippen molar-refractivity contribution >= 4 is 17.7 Å². The van der Waals surface area contributed by atoms with Gasteiger partial charge in [-0.2, -0.15) is 13.2 Å². The molecule has 0 radical (unpaired) electrons. The summed E-state index contributed by atoms with van der Waals surface area (Å²) < 4.78 is 38.4. The number of hydrazine groups is 1. The number of carbonyl (C=O) groups excluding carboxylic acids is 1. The Morgan fingerprint density at radius 3 is 2.62 bits per heavy atom. The third-order valence-electron chi connectivity index (χ3n) is 4.75. The van der Waals surface area contributed by atoms with Crippen LogP contribution in [0.1, 0.15) is 24.8 Å². The predicted molar refractivity (Wildman–Crippen MR) is 77.9 cm³/mol. The van der Waals surface area contributed by atoms with Gasteiger partial charge in [0.2, 0.25) is 0 Å². The first-order valence-electron chi connectivity index (χ1n) is 7.47. The van der Waals surface area contributed by atoms with Gasteiger partial charge in [0, 0.05) is 6.04 Å². The van der Waals surface area contributed by atoms with E-state index in [4.69, 9.17) is 5.84 Å². The number of amides is 2. The molecule has 1 saturated heterocycles. The number of fused-ring (bicyclic) bond motifs is 2. The lowest BCUT2D eigenvalue weighted by molar-refractivity contribution is -0.137. The van der Waals surface area contributed by atoms with Crippen molar-refractivity contribution in [3.63, 3.8) is 0 Å². The van der Waals surface area contributed by atoms with Crippen molar-refractivity contribution in [3.8, 4) is 0 Å². The summed E-state index contributed by atoms with van der Waals surface area (Å²) in [5.41, 5.74) is -1.05. The topological polar surface area (TPSA) is 86.9 Å². The van der Waals surface area contributed by atoms with E-state index in [1.807, 2.05) is 0 Å². The average molecular weight is 343 g/mol. The molecular weight excluding hydrogens is 327 g/mol. The van der Waals surface area contributed by atoms with E-state index in [9.17, 15) is 27.9 Å². The maximum absolute atomic E-state index is 12.8. The highest BCUT2D eigenvalue weighted by molar-refractivity contribution is 5.98. The van der Waals surface area contributed by atoms with Gasteiger partial charge in [-0.15, -0.1) is 0 Å². The molecule has 2 bridgehead atoms. The van der Waals surface area contributed by atoms with Gasteiger partial charge in [0.25, 0.3) is 5.91 Å². The van der Waals surface area contributed by atoms with Crippen LogP contribution < -0.4 is 10.9 Å². The van der Waals surface area contributed by atoms with Crippen molar-refractivity contribution in [1.82, 2.24) is 4.90 Å². The number of hydrogen-bond donors (Lipinski definition) is 2. The van der Waals surface area contributed by atoms with Crippen LogP contribution in [0, 0.1) is 5.92 Å². The Kier molecular flexibility index (Phi) is 3.90. The zero-order valence-electron chi connectivity index (χ0n) is 12.5. The fourth-order valence-corrected chi connectivity index (χ4v) is 3.68. The van der Waals surface area contributed by atoms with Crippen LogP contribution in [0.2, 0.25) is 0 Å². The number of rotatable bonds is 2. The summed E-state index contributed by atoms with van der Waals surface area (Å²) in [5.74, 6) is 4.87. The molecule has 24 heavy (non-hydrogen) atoms. The third kappa shape index (κ3) is 2.68. The molecule has 1 saturated carbocycles. The van der Waals surface area contributed by atoms with E-state index in [0.29, 0.717) is 24.3 Å². The van der Waals surface area contributed by atoms with Crippen LogP contribution in [0.3, 0.4) is 0 Å². The number of carbonyl (C=O) groups is 2. The van der Waals surface area contributed by atoms with Crippen molar-refractivity contribution < 1.29 is 27.9 Å². The molecule has 1 aromatic rings. The van der Waals surface area contributed by atoms with E-state index in [0.717, 1.165) is 23.1 Å². The number of benzene rings is 1. The molecule has 1 heterocycles. The molecule has 3 N–H and O–H groups in total. The van der Waals surface area contributed by atoms with Crippen LogP contribution in [0.25, 0.3) is 0 Å². The molecule has 3 unspecified atom stereocenters. The number of anilines is 1. The lowest BCUT2D eigenvalue weighted by Crippen LogP contribution is -2.55. The molecule has 0 spiro atoms. The number of nitrogens with two attached hydrogens (primary N) is 1. The SMILES string of the molecule is NN(C(=O)C1C2CCC(C2)N1C(=O)O)c1cccc(C(F)(F)F)c1. The molecule has 1 aromatic carbocycles. The van der Waals surface area contributed by atoms with Crippen molar-refractivity contribution in [2.75, 3.05) is 5.01 Å². The van der Waals surface area contributed by atoms with Gasteiger partial charge < -0.3 is 5.11 Å².